The van der Waals surface area contributed by atoms with Gasteiger partial charge in [0.25, 0.3) is 0 Å². The predicted octanol–water partition coefficient (Wildman–Crippen LogP) is 2.87. The number of unbranched alkanes of at least 4 members (excludes halogenated alkanes) is 1. The van der Waals surface area contributed by atoms with Crippen LogP contribution in [0.2, 0.25) is 0 Å². The van der Waals surface area contributed by atoms with E-state index in [4.69, 9.17) is 9.72 Å². The van der Waals surface area contributed by atoms with Crippen molar-refractivity contribution in [3.63, 3.8) is 0 Å². The van der Waals surface area contributed by atoms with Crippen molar-refractivity contribution in [1.29, 1.82) is 0 Å². The molecular weight excluding hydrogens is 494 g/mol. The summed E-state index contributed by atoms with van der Waals surface area (Å²) in [5.74, 6) is -0.603. The van der Waals surface area contributed by atoms with Gasteiger partial charge in [-0.15, -0.1) is 0 Å². The van der Waals surface area contributed by atoms with Gasteiger partial charge in [0.15, 0.2) is 9.84 Å². The molecule has 9 nitrogen and oxygen atoms in total. The van der Waals surface area contributed by atoms with Gasteiger partial charge >= 0.3 is 5.97 Å². The number of fused-ring (bicyclic) bond motifs is 1. The molecular formula is C27H35N3O6S. The summed E-state index contributed by atoms with van der Waals surface area (Å²) in [6.07, 6.45) is 6.97. The number of aliphatic carboxylic acids is 1. The van der Waals surface area contributed by atoms with Crippen molar-refractivity contribution in [3.8, 4) is 0 Å². The molecule has 1 aromatic heterocycles. The van der Waals surface area contributed by atoms with Crippen LogP contribution in [0.15, 0.2) is 41.3 Å². The van der Waals surface area contributed by atoms with E-state index in [2.05, 4.69) is 22.8 Å². The summed E-state index contributed by atoms with van der Waals surface area (Å²) in [6.45, 7) is 1.66. The highest BCUT2D eigenvalue weighted by molar-refractivity contribution is 7.90. The fourth-order valence-electron chi connectivity index (χ4n) is 4.80. The first-order valence-electron chi connectivity index (χ1n) is 12.8. The Kier molecular flexibility index (Phi) is 8.49. The molecule has 2 aromatic rings. The molecule has 3 N–H and O–H groups in total. The number of carboxylic acid groups (broad SMARTS) is 1. The molecule has 37 heavy (non-hydrogen) atoms. The minimum Gasteiger partial charge on any atom is -0.480 e. The zero-order chi connectivity index (χ0) is 26.5. The molecule has 4 rings (SSSR count). The fourth-order valence-corrected chi connectivity index (χ4v) is 5.79. The van der Waals surface area contributed by atoms with Crippen LogP contribution in [0.25, 0.3) is 0 Å². The summed E-state index contributed by atoms with van der Waals surface area (Å²) in [7, 11) is -3.53. The summed E-state index contributed by atoms with van der Waals surface area (Å²) >= 11 is 0. The lowest BCUT2D eigenvalue weighted by atomic mass is 9.94. The van der Waals surface area contributed by atoms with Crippen molar-refractivity contribution in [2.45, 2.75) is 67.7 Å². The Morgan fingerprint density at radius 1 is 1.16 bits per heavy atom. The number of carboxylic acids is 1. The number of nitrogens with zero attached hydrogens (tertiary/aromatic N) is 1. The van der Waals surface area contributed by atoms with E-state index < -0.39 is 33.2 Å². The number of carbonyl (C=O) groups excluding carboxylic acids is 1. The number of pyridine rings is 1. The van der Waals surface area contributed by atoms with Gasteiger partial charge in [-0.25, -0.2) is 18.2 Å². The zero-order valence-corrected chi connectivity index (χ0v) is 22.0. The van der Waals surface area contributed by atoms with E-state index in [0.717, 1.165) is 56.4 Å². The molecule has 1 atom stereocenters. The largest absolute Gasteiger partial charge is 0.480 e. The highest BCUT2D eigenvalue weighted by Crippen LogP contribution is 2.50. The molecule has 2 heterocycles. The number of aromatic nitrogens is 1. The van der Waals surface area contributed by atoms with Crippen molar-refractivity contribution < 1.29 is 27.9 Å². The molecule has 0 spiro atoms. The Bertz CT molecular complexity index is 1240. The number of hydrogen-bond donors (Lipinski definition) is 3. The van der Waals surface area contributed by atoms with Crippen LogP contribution in [-0.2, 0) is 42.4 Å². The fraction of sp³-hybridized carbons (Fsp3) is 0.519. The van der Waals surface area contributed by atoms with Crippen LogP contribution in [-0.4, -0.2) is 62.4 Å². The maximum absolute atomic E-state index is 13.1. The molecule has 1 amide bonds. The number of carbonyl (C=O) groups is 2. The van der Waals surface area contributed by atoms with E-state index in [1.807, 2.05) is 0 Å². The van der Waals surface area contributed by atoms with Gasteiger partial charge in [0, 0.05) is 38.1 Å². The molecule has 0 bridgehead atoms. The molecule has 1 aromatic carbocycles. The number of ether oxygens (including phenoxy) is 1. The Balaban J connectivity index is 1.22. The number of hydrogen-bond acceptors (Lipinski definition) is 7. The first-order valence-corrected chi connectivity index (χ1v) is 14.7. The maximum atomic E-state index is 13.1. The number of amides is 1. The van der Waals surface area contributed by atoms with Gasteiger partial charge in [-0.2, -0.15) is 0 Å². The average molecular weight is 530 g/mol. The lowest BCUT2D eigenvalue weighted by Crippen LogP contribution is -2.46. The summed E-state index contributed by atoms with van der Waals surface area (Å²) in [5, 5.41) is 15.6. The maximum Gasteiger partial charge on any atom is 0.326 e. The van der Waals surface area contributed by atoms with Crippen LogP contribution < -0.4 is 10.6 Å². The number of sulfone groups is 1. The van der Waals surface area contributed by atoms with Crippen molar-refractivity contribution >= 4 is 27.5 Å². The number of aryl methyl sites for hydroxylation is 2. The van der Waals surface area contributed by atoms with Gasteiger partial charge < -0.3 is 20.5 Å². The highest BCUT2D eigenvalue weighted by atomic mass is 32.2. The third-order valence-corrected chi connectivity index (χ3v) is 8.22. The van der Waals surface area contributed by atoms with E-state index in [1.54, 1.807) is 18.2 Å². The lowest BCUT2D eigenvalue weighted by Gasteiger charge is -2.22. The van der Waals surface area contributed by atoms with Gasteiger partial charge in [-0.3, -0.25) is 4.79 Å². The van der Waals surface area contributed by atoms with Crippen LogP contribution in [0.4, 0.5) is 5.82 Å². The number of rotatable bonds is 13. The van der Waals surface area contributed by atoms with E-state index in [0.29, 0.717) is 25.0 Å². The summed E-state index contributed by atoms with van der Waals surface area (Å²) in [4.78, 5) is 29.7. The SMILES string of the molecule is CS(=O)(=O)c1ccccc1C1(C(=O)N[C@@H](CCOCCCCc2ccc3c(n2)NCCC3)C(=O)O)CC1. The van der Waals surface area contributed by atoms with Crippen LogP contribution >= 0.6 is 0 Å². The Hall–Kier alpha value is -2.98. The topological polar surface area (TPSA) is 135 Å². The first-order chi connectivity index (χ1) is 17.7. The summed E-state index contributed by atoms with van der Waals surface area (Å²) < 4.78 is 30.1. The van der Waals surface area contributed by atoms with Crippen molar-refractivity contribution in [2.24, 2.45) is 0 Å². The second-order valence-electron chi connectivity index (χ2n) is 9.91. The zero-order valence-electron chi connectivity index (χ0n) is 21.2. The molecule has 0 saturated heterocycles. The van der Waals surface area contributed by atoms with Crippen LogP contribution in [0.1, 0.15) is 55.3 Å². The summed E-state index contributed by atoms with van der Waals surface area (Å²) in [5.41, 5.74) is 1.74. The van der Waals surface area contributed by atoms with Crippen LogP contribution in [0, 0.1) is 0 Å². The minimum atomic E-state index is -3.53. The molecule has 2 aliphatic rings. The van der Waals surface area contributed by atoms with E-state index >= 15 is 0 Å². The van der Waals surface area contributed by atoms with E-state index in [9.17, 15) is 23.1 Å². The van der Waals surface area contributed by atoms with E-state index in [1.165, 1.54) is 11.6 Å². The quantitative estimate of drug-likeness (QED) is 0.337. The second-order valence-corrected chi connectivity index (χ2v) is 11.9. The Morgan fingerprint density at radius 3 is 2.68 bits per heavy atom. The number of anilines is 1. The molecule has 10 heteroatoms. The van der Waals surface area contributed by atoms with Gasteiger partial charge in [0.05, 0.1) is 10.3 Å². The van der Waals surface area contributed by atoms with Crippen molar-refractivity contribution in [1.82, 2.24) is 10.3 Å². The molecule has 0 radical (unpaired) electrons. The van der Waals surface area contributed by atoms with Crippen molar-refractivity contribution in [3.05, 3.63) is 53.2 Å². The molecule has 1 fully saturated rings. The number of benzene rings is 1. The predicted molar refractivity (Wildman–Crippen MR) is 139 cm³/mol. The standard InChI is InChI=1S/C27H35N3O6S/c1-37(34,35)23-10-3-2-9-21(23)27(14-15-27)26(33)30-22(25(31)32)13-18-36-17-5-4-8-20-12-11-19-7-6-16-28-24(19)29-20/h2-3,9-12,22H,4-8,13-18H2,1H3,(H,28,29)(H,30,33)(H,31,32)/t22-/m0/s1. The normalized spacial score (nSPS) is 16.8. The Morgan fingerprint density at radius 2 is 1.95 bits per heavy atom. The Labute approximate surface area is 217 Å². The smallest absolute Gasteiger partial charge is 0.326 e. The van der Waals surface area contributed by atoms with Crippen LogP contribution in [0.5, 0.6) is 0 Å². The van der Waals surface area contributed by atoms with Gasteiger partial charge in [-0.05, 0) is 68.2 Å². The molecule has 1 aliphatic heterocycles. The molecule has 200 valence electrons. The van der Waals surface area contributed by atoms with Gasteiger partial charge in [0.2, 0.25) is 5.91 Å². The lowest BCUT2D eigenvalue weighted by molar-refractivity contribution is -0.142. The third kappa shape index (κ3) is 6.67. The minimum absolute atomic E-state index is 0.111. The molecule has 0 unspecified atom stereocenters. The molecule has 1 aliphatic carbocycles. The highest BCUT2D eigenvalue weighted by Gasteiger charge is 2.53. The van der Waals surface area contributed by atoms with Crippen molar-refractivity contribution in [2.75, 3.05) is 31.3 Å². The van der Waals surface area contributed by atoms with Crippen LogP contribution in [0.3, 0.4) is 0 Å². The monoisotopic (exact) mass is 529 g/mol. The number of nitrogens with one attached hydrogen (secondary N) is 2. The van der Waals surface area contributed by atoms with Gasteiger partial charge in [-0.1, -0.05) is 24.3 Å². The van der Waals surface area contributed by atoms with Gasteiger partial charge in [0.1, 0.15) is 11.9 Å². The van der Waals surface area contributed by atoms with E-state index in [-0.39, 0.29) is 17.9 Å². The summed E-state index contributed by atoms with van der Waals surface area (Å²) in [6, 6.07) is 9.55. The third-order valence-electron chi connectivity index (χ3n) is 7.06. The average Bonchev–Trinajstić information content (AvgIpc) is 3.69. The first kappa shape index (κ1) is 27.1. The second kappa shape index (κ2) is 11.6. The molecule has 1 saturated carbocycles.